The highest BCUT2D eigenvalue weighted by Gasteiger charge is 2.25. The van der Waals surface area contributed by atoms with Gasteiger partial charge < -0.3 is 9.88 Å². The lowest BCUT2D eigenvalue weighted by atomic mass is 9.98. The molecule has 1 heterocycles. The van der Waals surface area contributed by atoms with Crippen LogP contribution in [0.25, 0.3) is 77.1 Å². The van der Waals surface area contributed by atoms with E-state index < -0.39 is 0 Å². The van der Waals surface area contributed by atoms with Crippen LogP contribution in [0.3, 0.4) is 0 Å². The first-order valence-electron chi connectivity index (χ1n) is 18.9. The van der Waals surface area contributed by atoms with Gasteiger partial charge in [-0.1, -0.05) is 158 Å². The third-order valence-corrected chi connectivity index (χ3v) is 11.0. The fraction of sp³-hybridized carbons (Fsp3) is 0.0189. The molecule has 0 radical (unpaired) electrons. The van der Waals surface area contributed by atoms with Gasteiger partial charge in [0.05, 0.1) is 5.69 Å². The minimum atomic E-state index is 0.794. The zero-order valence-electron chi connectivity index (χ0n) is 30.4. The molecule has 0 spiro atoms. The summed E-state index contributed by atoms with van der Waals surface area (Å²) in [5.74, 6) is 0. The number of hydrogen-bond donors (Lipinski definition) is 1. The first-order chi connectivity index (χ1) is 27.2. The molecule has 55 heavy (non-hydrogen) atoms. The van der Waals surface area contributed by atoms with Gasteiger partial charge in [0.25, 0.3) is 0 Å². The molecule has 1 aliphatic rings. The molecule has 0 atom stereocenters. The number of nitrogens with zero attached hydrogens (tertiary/aromatic N) is 1. The minimum absolute atomic E-state index is 0.794. The van der Waals surface area contributed by atoms with Crippen molar-refractivity contribution in [2.24, 2.45) is 0 Å². The van der Waals surface area contributed by atoms with Crippen molar-refractivity contribution in [3.05, 3.63) is 218 Å². The Balaban J connectivity index is 1.000. The lowest BCUT2D eigenvalue weighted by molar-refractivity contribution is 1.19. The average molecular weight is 703 g/mol. The van der Waals surface area contributed by atoms with Crippen LogP contribution in [0.5, 0.6) is 0 Å². The molecule has 1 aromatic heterocycles. The van der Waals surface area contributed by atoms with Crippen LogP contribution in [0, 0.1) is 0 Å². The predicted octanol–water partition coefficient (Wildman–Crippen LogP) is 14.5. The summed E-state index contributed by atoms with van der Waals surface area (Å²) in [6.45, 7) is 4.13. The SMILES string of the molecule is C=C/C=C(\C=C/Cc1ccc2[nH]c3c(c2c1)-c1cccc2cccc-3c12)N(c1ccc(-c2ccccc2)cc1)c1ccc(-c2cccc3ccccc23)cc1. The predicted molar refractivity (Wildman–Crippen MR) is 235 cm³/mol. The van der Waals surface area contributed by atoms with Crippen molar-refractivity contribution < 1.29 is 0 Å². The van der Waals surface area contributed by atoms with Crippen LogP contribution < -0.4 is 4.90 Å². The quantitative estimate of drug-likeness (QED) is 0.148. The third kappa shape index (κ3) is 5.76. The largest absolute Gasteiger partial charge is 0.354 e. The molecular weight excluding hydrogens is 665 g/mol. The maximum absolute atomic E-state index is 4.13. The van der Waals surface area contributed by atoms with Crippen LogP contribution >= 0.6 is 0 Å². The van der Waals surface area contributed by atoms with Crippen molar-refractivity contribution >= 4 is 43.8 Å². The number of allylic oxidation sites excluding steroid dienone is 4. The van der Waals surface area contributed by atoms with Crippen molar-refractivity contribution in [1.82, 2.24) is 4.98 Å². The summed E-state index contributed by atoms with van der Waals surface area (Å²) in [5.41, 5.74) is 15.6. The summed E-state index contributed by atoms with van der Waals surface area (Å²) in [4.78, 5) is 6.06. The molecule has 260 valence electrons. The zero-order valence-corrected chi connectivity index (χ0v) is 30.4. The number of fused-ring (bicyclic) bond motifs is 6. The minimum Gasteiger partial charge on any atom is -0.354 e. The molecular formula is C53H38N2. The van der Waals surface area contributed by atoms with Gasteiger partial charge in [0, 0.05) is 39.1 Å². The molecule has 9 aromatic rings. The fourth-order valence-electron chi connectivity index (χ4n) is 8.39. The van der Waals surface area contributed by atoms with Gasteiger partial charge in [-0.2, -0.15) is 0 Å². The Morgan fingerprint density at radius 1 is 0.545 bits per heavy atom. The molecule has 2 heteroatoms. The lowest BCUT2D eigenvalue weighted by Gasteiger charge is -2.27. The maximum Gasteiger partial charge on any atom is 0.0551 e. The molecule has 0 unspecified atom stereocenters. The second kappa shape index (κ2) is 13.7. The molecule has 2 nitrogen and oxygen atoms in total. The molecule has 0 amide bonds. The molecule has 0 fully saturated rings. The third-order valence-electron chi connectivity index (χ3n) is 11.0. The highest BCUT2D eigenvalue weighted by Crippen LogP contribution is 2.50. The topological polar surface area (TPSA) is 19.0 Å². The monoisotopic (exact) mass is 702 g/mol. The van der Waals surface area contributed by atoms with Crippen LogP contribution in [-0.2, 0) is 6.42 Å². The zero-order chi connectivity index (χ0) is 36.7. The maximum atomic E-state index is 4.13. The smallest absolute Gasteiger partial charge is 0.0551 e. The Hall–Kier alpha value is -7.16. The van der Waals surface area contributed by atoms with Crippen molar-refractivity contribution in [3.8, 4) is 44.6 Å². The number of benzene rings is 8. The summed E-state index contributed by atoms with van der Waals surface area (Å²) in [5, 5.41) is 6.41. The number of hydrogen-bond acceptors (Lipinski definition) is 1. The highest BCUT2D eigenvalue weighted by molar-refractivity contribution is 6.21. The number of aromatic amines is 1. The molecule has 1 N–H and O–H groups in total. The Morgan fingerprint density at radius 2 is 1.18 bits per heavy atom. The Morgan fingerprint density at radius 3 is 1.95 bits per heavy atom. The van der Waals surface area contributed by atoms with Gasteiger partial charge in [0.15, 0.2) is 0 Å². The summed E-state index contributed by atoms with van der Waals surface area (Å²) in [6, 6.07) is 63.5. The van der Waals surface area contributed by atoms with E-state index in [-0.39, 0.29) is 0 Å². The normalized spacial score (nSPS) is 12.2. The number of aromatic nitrogens is 1. The summed E-state index contributed by atoms with van der Waals surface area (Å²) < 4.78 is 0. The Bertz CT molecular complexity index is 2930. The van der Waals surface area contributed by atoms with Crippen LogP contribution in [0.4, 0.5) is 11.4 Å². The fourth-order valence-corrected chi connectivity index (χ4v) is 8.39. The van der Waals surface area contributed by atoms with Gasteiger partial charge in [0.2, 0.25) is 0 Å². The van der Waals surface area contributed by atoms with Gasteiger partial charge in [-0.25, -0.2) is 0 Å². The van der Waals surface area contributed by atoms with Crippen molar-refractivity contribution in [1.29, 1.82) is 0 Å². The second-order valence-corrected chi connectivity index (χ2v) is 14.2. The standard InChI is InChI=1S/C53H38N2/c1-2-12-42(20-8-13-36-25-34-50-49(35-36)52-47-23-10-18-41-19-11-24-48(51(41)47)53(52)54-50)55(43-30-26-38(27-31-43)37-14-4-3-5-15-37)44-32-28-40(29-33-44)46-22-9-17-39-16-6-7-21-45(39)46/h2-12,14-35,54H,1,13H2/b20-8-,42-12+. The van der Waals surface area contributed by atoms with E-state index in [1.807, 2.05) is 6.08 Å². The van der Waals surface area contributed by atoms with Gasteiger partial charge in [0.1, 0.15) is 0 Å². The highest BCUT2D eigenvalue weighted by atomic mass is 15.1. The van der Waals surface area contributed by atoms with E-state index in [1.165, 1.54) is 82.6 Å². The van der Waals surface area contributed by atoms with Crippen molar-refractivity contribution in [2.45, 2.75) is 6.42 Å². The Kier molecular flexibility index (Phi) is 8.08. The van der Waals surface area contributed by atoms with Crippen LogP contribution in [0.15, 0.2) is 213 Å². The van der Waals surface area contributed by atoms with Crippen molar-refractivity contribution in [3.63, 3.8) is 0 Å². The summed E-state index contributed by atoms with van der Waals surface area (Å²) in [6.07, 6.45) is 9.27. The van der Waals surface area contributed by atoms with Gasteiger partial charge >= 0.3 is 0 Å². The van der Waals surface area contributed by atoms with E-state index >= 15 is 0 Å². The van der Waals surface area contributed by atoms with E-state index in [2.05, 4.69) is 211 Å². The van der Waals surface area contributed by atoms with E-state index in [1.54, 1.807) is 0 Å². The van der Waals surface area contributed by atoms with E-state index in [9.17, 15) is 0 Å². The molecule has 0 bridgehead atoms. The molecule has 0 aliphatic heterocycles. The molecule has 0 saturated heterocycles. The Labute approximate surface area is 321 Å². The average Bonchev–Trinajstić information content (AvgIpc) is 3.77. The van der Waals surface area contributed by atoms with Crippen LogP contribution in [-0.4, -0.2) is 4.98 Å². The summed E-state index contributed by atoms with van der Waals surface area (Å²) in [7, 11) is 0. The first kappa shape index (κ1) is 32.5. The lowest BCUT2D eigenvalue weighted by Crippen LogP contribution is -2.15. The number of rotatable bonds is 9. The van der Waals surface area contributed by atoms with E-state index in [0.29, 0.717) is 0 Å². The number of nitrogens with one attached hydrogen (secondary N) is 1. The van der Waals surface area contributed by atoms with Crippen LogP contribution in [0.2, 0.25) is 0 Å². The first-order valence-corrected chi connectivity index (χ1v) is 18.9. The second-order valence-electron chi connectivity index (χ2n) is 14.2. The number of H-pyrrole nitrogens is 1. The van der Waals surface area contributed by atoms with Gasteiger partial charge in [-0.05, 0) is 110 Å². The summed E-state index contributed by atoms with van der Waals surface area (Å²) >= 11 is 0. The molecule has 8 aromatic carbocycles. The van der Waals surface area contributed by atoms with Gasteiger partial charge in [-0.15, -0.1) is 0 Å². The van der Waals surface area contributed by atoms with Crippen LogP contribution in [0.1, 0.15) is 5.56 Å². The molecule has 1 aliphatic carbocycles. The van der Waals surface area contributed by atoms with E-state index in [0.717, 1.165) is 23.5 Å². The van der Waals surface area contributed by atoms with E-state index in [4.69, 9.17) is 0 Å². The van der Waals surface area contributed by atoms with Gasteiger partial charge in [-0.3, -0.25) is 0 Å². The van der Waals surface area contributed by atoms with Crippen molar-refractivity contribution in [2.75, 3.05) is 4.90 Å². The number of anilines is 2. The molecule has 0 saturated carbocycles. The molecule has 10 rings (SSSR count).